The van der Waals surface area contributed by atoms with Gasteiger partial charge in [0.15, 0.2) is 0 Å². The zero-order chi connectivity index (χ0) is 17.0. The Balaban J connectivity index is 2.30. The lowest BCUT2D eigenvalue weighted by Gasteiger charge is -2.06. The number of amides is 1. The maximum absolute atomic E-state index is 13.5. The first kappa shape index (κ1) is 16.6. The topological polar surface area (TPSA) is 52.9 Å². The van der Waals surface area contributed by atoms with Gasteiger partial charge in [0, 0.05) is 11.3 Å². The summed E-state index contributed by atoms with van der Waals surface area (Å²) in [7, 11) is 0. The molecule has 0 unspecified atom stereocenters. The zero-order valence-electron chi connectivity index (χ0n) is 11.4. The summed E-state index contributed by atoms with van der Waals surface area (Å²) < 4.78 is 40.1. The standard InChI is InChI=1S/C16H8ClF3N2O/c17-12-7-10(4-5-15(12)20)22-16(23)9(8-21)6-11-13(18)2-1-3-14(11)19/h1-7H,(H,22,23)/b9-6+. The minimum atomic E-state index is -0.907. The van der Waals surface area contributed by atoms with Crippen LogP contribution in [0, 0.1) is 28.8 Å². The van der Waals surface area contributed by atoms with Gasteiger partial charge >= 0.3 is 0 Å². The minimum absolute atomic E-state index is 0.136. The Morgan fingerprint density at radius 1 is 1.13 bits per heavy atom. The molecule has 3 nitrogen and oxygen atoms in total. The molecule has 1 N–H and O–H groups in total. The summed E-state index contributed by atoms with van der Waals surface area (Å²) in [6.07, 6.45) is 0.797. The van der Waals surface area contributed by atoms with Crippen LogP contribution in [0.1, 0.15) is 5.56 Å². The van der Waals surface area contributed by atoms with E-state index in [9.17, 15) is 18.0 Å². The van der Waals surface area contributed by atoms with Gasteiger partial charge in [0.05, 0.1) is 5.02 Å². The van der Waals surface area contributed by atoms with Gasteiger partial charge in [-0.2, -0.15) is 5.26 Å². The second-order valence-corrected chi connectivity index (χ2v) is 4.80. The van der Waals surface area contributed by atoms with E-state index in [2.05, 4.69) is 5.32 Å². The van der Waals surface area contributed by atoms with Gasteiger partial charge in [-0.3, -0.25) is 4.79 Å². The van der Waals surface area contributed by atoms with Gasteiger partial charge in [-0.25, -0.2) is 13.2 Å². The molecule has 2 rings (SSSR count). The lowest BCUT2D eigenvalue weighted by Crippen LogP contribution is -2.13. The van der Waals surface area contributed by atoms with E-state index in [0.29, 0.717) is 0 Å². The number of nitrogens with one attached hydrogen (secondary N) is 1. The summed E-state index contributed by atoms with van der Waals surface area (Å²) in [6, 6.07) is 8.14. The van der Waals surface area contributed by atoms with Crippen molar-refractivity contribution in [3.8, 4) is 6.07 Å². The van der Waals surface area contributed by atoms with Crippen molar-refractivity contribution >= 4 is 29.3 Å². The van der Waals surface area contributed by atoms with E-state index in [1.807, 2.05) is 0 Å². The van der Waals surface area contributed by atoms with Crippen molar-refractivity contribution in [1.29, 1.82) is 5.26 Å². The first-order chi connectivity index (χ1) is 10.9. The molecule has 2 aromatic carbocycles. The van der Waals surface area contributed by atoms with E-state index in [1.54, 1.807) is 6.07 Å². The molecule has 0 radical (unpaired) electrons. The molecule has 23 heavy (non-hydrogen) atoms. The van der Waals surface area contributed by atoms with Gasteiger partial charge in [0.2, 0.25) is 0 Å². The van der Waals surface area contributed by atoms with Crippen molar-refractivity contribution in [2.75, 3.05) is 5.32 Å². The number of carbonyl (C=O) groups is 1. The molecule has 0 atom stereocenters. The van der Waals surface area contributed by atoms with Crippen LogP contribution in [0.25, 0.3) is 6.08 Å². The van der Waals surface area contributed by atoms with Gasteiger partial charge in [-0.05, 0) is 36.4 Å². The number of hydrogen-bond acceptors (Lipinski definition) is 2. The highest BCUT2D eigenvalue weighted by Gasteiger charge is 2.14. The van der Waals surface area contributed by atoms with Crippen molar-refractivity contribution in [2.24, 2.45) is 0 Å². The fraction of sp³-hybridized carbons (Fsp3) is 0. The summed E-state index contributed by atoms with van der Waals surface area (Å²) in [5, 5.41) is 11.1. The van der Waals surface area contributed by atoms with Crippen LogP contribution in [-0.2, 0) is 4.79 Å². The van der Waals surface area contributed by atoms with Crippen LogP contribution < -0.4 is 5.32 Å². The quantitative estimate of drug-likeness (QED) is 0.671. The third-order valence-electron chi connectivity index (χ3n) is 2.83. The fourth-order valence-corrected chi connectivity index (χ4v) is 1.89. The summed E-state index contributed by atoms with van der Waals surface area (Å²) in [6.45, 7) is 0. The Kier molecular flexibility index (Phi) is 5.04. The first-order valence-electron chi connectivity index (χ1n) is 6.24. The Morgan fingerprint density at radius 2 is 1.78 bits per heavy atom. The van der Waals surface area contributed by atoms with Crippen molar-refractivity contribution < 1.29 is 18.0 Å². The molecule has 1 amide bonds. The lowest BCUT2D eigenvalue weighted by atomic mass is 10.1. The fourth-order valence-electron chi connectivity index (χ4n) is 1.71. The maximum atomic E-state index is 13.5. The van der Waals surface area contributed by atoms with Gasteiger partial charge in [0.25, 0.3) is 5.91 Å². The van der Waals surface area contributed by atoms with Crippen molar-refractivity contribution in [1.82, 2.24) is 0 Å². The Labute approximate surface area is 134 Å². The SMILES string of the molecule is N#C/C(=C\c1c(F)cccc1F)C(=O)Nc1ccc(F)c(Cl)c1. The van der Waals surface area contributed by atoms with Crippen LogP contribution in [0.2, 0.25) is 5.02 Å². The van der Waals surface area contributed by atoms with Crippen LogP contribution in [0.4, 0.5) is 18.9 Å². The van der Waals surface area contributed by atoms with Crippen molar-refractivity contribution in [3.05, 3.63) is 70.0 Å². The molecule has 0 aromatic heterocycles. The van der Waals surface area contributed by atoms with Gasteiger partial charge in [-0.1, -0.05) is 17.7 Å². The molecule has 0 bridgehead atoms. The predicted octanol–water partition coefficient (Wildman–Crippen LogP) is 4.30. The number of nitrogens with zero attached hydrogens (tertiary/aromatic N) is 1. The Hall–Kier alpha value is -2.78. The Morgan fingerprint density at radius 3 is 2.35 bits per heavy atom. The molecule has 0 aliphatic heterocycles. The highest BCUT2D eigenvalue weighted by Crippen LogP contribution is 2.21. The van der Waals surface area contributed by atoms with Gasteiger partial charge in [0.1, 0.15) is 29.1 Å². The van der Waals surface area contributed by atoms with Crippen LogP contribution in [0.5, 0.6) is 0 Å². The smallest absolute Gasteiger partial charge is 0.266 e. The van der Waals surface area contributed by atoms with Gasteiger partial charge < -0.3 is 5.32 Å². The van der Waals surface area contributed by atoms with Crippen molar-refractivity contribution in [2.45, 2.75) is 0 Å². The zero-order valence-corrected chi connectivity index (χ0v) is 12.2. The molecular weight excluding hydrogens is 329 g/mol. The molecule has 0 saturated heterocycles. The van der Waals surface area contributed by atoms with E-state index in [4.69, 9.17) is 16.9 Å². The third kappa shape index (κ3) is 3.90. The number of rotatable bonds is 3. The molecule has 2 aromatic rings. The first-order valence-corrected chi connectivity index (χ1v) is 6.62. The Bertz CT molecular complexity index is 823. The van der Waals surface area contributed by atoms with Crippen LogP contribution in [0.3, 0.4) is 0 Å². The largest absolute Gasteiger partial charge is 0.321 e. The molecule has 0 saturated carbocycles. The molecule has 0 spiro atoms. The highest BCUT2D eigenvalue weighted by molar-refractivity contribution is 6.31. The monoisotopic (exact) mass is 336 g/mol. The van der Waals surface area contributed by atoms with E-state index < -0.39 is 34.5 Å². The second kappa shape index (κ2) is 6.99. The molecule has 0 fully saturated rings. The number of nitriles is 1. The second-order valence-electron chi connectivity index (χ2n) is 4.39. The van der Waals surface area contributed by atoms with Gasteiger partial charge in [-0.15, -0.1) is 0 Å². The minimum Gasteiger partial charge on any atom is -0.321 e. The van der Waals surface area contributed by atoms with E-state index >= 15 is 0 Å². The molecular formula is C16H8ClF3N2O. The summed E-state index contributed by atoms with van der Waals surface area (Å²) >= 11 is 5.58. The number of hydrogen-bond donors (Lipinski definition) is 1. The molecule has 0 aliphatic rings. The normalized spacial score (nSPS) is 11.0. The highest BCUT2D eigenvalue weighted by atomic mass is 35.5. The molecule has 116 valence electrons. The summed E-state index contributed by atoms with van der Waals surface area (Å²) in [4.78, 5) is 12.0. The molecule has 0 heterocycles. The number of halogens is 4. The number of anilines is 1. The average Bonchev–Trinajstić information content (AvgIpc) is 2.50. The molecule has 0 aliphatic carbocycles. The van der Waals surface area contributed by atoms with E-state index in [1.165, 1.54) is 6.07 Å². The summed E-state index contributed by atoms with van der Waals surface area (Å²) in [5.41, 5.74) is -0.887. The van der Waals surface area contributed by atoms with Crippen LogP contribution in [-0.4, -0.2) is 5.91 Å². The number of benzene rings is 2. The van der Waals surface area contributed by atoms with Crippen LogP contribution in [0.15, 0.2) is 42.0 Å². The molecule has 7 heteroatoms. The van der Waals surface area contributed by atoms with E-state index in [0.717, 1.165) is 36.4 Å². The predicted molar refractivity (Wildman–Crippen MR) is 80.0 cm³/mol. The lowest BCUT2D eigenvalue weighted by molar-refractivity contribution is -0.112. The van der Waals surface area contributed by atoms with Crippen molar-refractivity contribution in [3.63, 3.8) is 0 Å². The summed E-state index contributed by atoms with van der Waals surface area (Å²) in [5.74, 6) is -3.39. The third-order valence-corrected chi connectivity index (χ3v) is 3.12. The van der Waals surface area contributed by atoms with Crippen LogP contribution >= 0.6 is 11.6 Å². The number of carbonyl (C=O) groups excluding carboxylic acids is 1. The maximum Gasteiger partial charge on any atom is 0.266 e. The van der Waals surface area contributed by atoms with E-state index in [-0.39, 0.29) is 10.7 Å². The average molecular weight is 337 g/mol.